The minimum absolute atomic E-state index is 0.0692. The predicted octanol–water partition coefficient (Wildman–Crippen LogP) is 5.69. The highest BCUT2D eigenvalue weighted by Gasteiger charge is 2.36. The zero-order valence-corrected chi connectivity index (χ0v) is 22.4. The highest BCUT2D eigenvalue weighted by Crippen LogP contribution is 2.35. The second-order valence-electron chi connectivity index (χ2n) is 9.37. The van der Waals surface area contributed by atoms with Crippen molar-refractivity contribution in [3.63, 3.8) is 0 Å². The maximum Gasteiger partial charge on any atom is 0.245 e. The van der Waals surface area contributed by atoms with Gasteiger partial charge in [-0.15, -0.1) is 0 Å². The van der Waals surface area contributed by atoms with E-state index in [1.165, 1.54) is 33.8 Å². The van der Waals surface area contributed by atoms with Crippen LogP contribution < -0.4 is 4.90 Å². The van der Waals surface area contributed by atoms with Gasteiger partial charge in [0.25, 0.3) is 0 Å². The number of amides is 1. The fraction of sp³-hybridized carbons (Fsp3) is 0.286. The van der Waals surface area contributed by atoms with Gasteiger partial charge in [-0.05, 0) is 61.6 Å². The fourth-order valence-electron chi connectivity index (χ4n) is 4.69. The van der Waals surface area contributed by atoms with Crippen molar-refractivity contribution in [1.82, 2.24) is 9.29 Å². The Morgan fingerprint density at radius 1 is 1.03 bits per heavy atom. The molecule has 0 radical (unpaired) electrons. The molecule has 3 aromatic carbocycles. The van der Waals surface area contributed by atoms with Crippen LogP contribution in [0.15, 0.2) is 71.6 Å². The maximum atomic E-state index is 14.2. The van der Waals surface area contributed by atoms with Crippen molar-refractivity contribution in [2.75, 3.05) is 18.0 Å². The van der Waals surface area contributed by atoms with Crippen molar-refractivity contribution in [3.8, 4) is 0 Å². The lowest BCUT2D eigenvalue weighted by atomic mass is 9.96. The number of aryl methyl sites for hydroxylation is 2. The molecule has 1 fully saturated rings. The van der Waals surface area contributed by atoms with E-state index in [9.17, 15) is 17.6 Å². The number of carbonyl (C=O) groups is 1. The summed E-state index contributed by atoms with van der Waals surface area (Å²) in [7, 11) is -3.97. The molecule has 2 heterocycles. The molecule has 1 aromatic heterocycles. The number of aromatic nitrogens is 1. The summed E-state index contributed by atoms with van der Waals surface area (Å²) in [5.74, 6) is -1.19. The van der Waals surface area contributed by atoms with Gasteiger partial charge in [0, 0.05) is 19.0 Å². The van der Waals surface area contributed by atoms with Gasteiger partial charge in [0.2, 0.25) is 15.9 Å². The molecule has 0 unspecified atom stereocenters. The predicted molar refractivity (Wildman–Crippen MR) is 145 cm³/mol. The van der Waals surface area contributed by atoms with Crippen LogP contribution in [0.1, 0.15) is 29.5 Å². The lowest BCUT2D eigenvalue weighted by Crippen LogP contribution is -2.44. The molecule has 1 aliphatic rings. The second-order valence-corrected chi connectivity index (χ2v) is 12.3. The number of hydrogen-bond acceptors (Lipinski definition) is 5. The number of nitrogens with zero attached hydrogens (tertiary/aromatic N) is 3. The molecule has 1 amide bonds. The van der Waals surface area contributed by atoms with Gasteiger partial charge in [0.05, 0.1) is 16.8 Å². The smallest absolute Gasteiger partial charge is 0.245 e. The normalized spacial score (nSPS) is 15.2. The summed E-state index contributed by atoms with van der Waals surface area (Å²) in [6.45, 7) is 4.78. The Balaban J connectivity index is 1.40. The van der Waals surface area contributed by atoms with E-state index in [-0.39, 0.29) is 29.8 Å². The van der Waals surface area contributed by atoms with Gasteiger partial charge in [-0.25, -0.2) is 17.8 Å². The minimum atomic E-state index is -3.97. The molecule has 37 heavy (non-hydrogen) atoms. The van der Waals surface area contributed by atoms with Crippen molar-refractivity contribution in [3.05, 3.63) is 89.2 Å². The first-order valence-corrected chi connectivity index (χ1v) is 14.5. The Morgan fingerprint density at radius 3 is 2.41 bits per heavy atom. The van der Waals surface area contributed by atoms with Crippen LogP contribution in [0.25, 0.3) is 10.2 Å². The van der Waals surface area contributed by atoms with Crippen LogP contribution in [0.5, 0.6) is 0 Å². The Bertz CT molecular complexity index is 1550. The van der Waals surface area contributed by atoms with E-state index in [2.05, 4.69) is 6.07 Å². The molecule has 9 heteroatoms. The highest BCUT2D eigenvalue weighted by atomic mass is 32.2. The monoisotopic (exact) mass is 537 g/mol. The van der Waals surface area contributed by atoms with E-state index < -0.39 is 15.8 Å². The van der Waals surface area contributed by atoms with Crippen molar-refractivity contribution >= 4 is 42.6 Å². The van der Waals surface area contributed by atoms with Gasteiger partial charge in [-0.1, -0.05) is 59.9 Å². The van der Waals surface area contributed by atoms with E-state index >= 15 is 0 Å². The number of carbonyl (C=O) groups excluding carboxylic acids is 1. The van der Waals surface area contributed by atoms with E-state index in [1.807, 2.05) is 50.2 Å². The molecule has 0 aliphatic carbocycles. The topological polar surface area (TPSA) is 70.6 Å². The number of sulfonamides is 1. The summed E-state index contributed by atoms with van der Waals surface area (Å²) in [5.41, 5.74) is 4.13. The molecule has 1 aliphatic heterocycles. The molecule has 5 rings (SSSR count). The van der Waals surface area contributed by atoms with Crippen LogP contribution >= 0.6 is 11.3 Å². The first-order chi connectivity index (χ1) is 17.8. The lowest BCUT2D eigenvalue weighted by Gasteiger charge is -2.33. The molecule has 0 N–H and O–H groups in total. The van der Waals surface area contributed by atoms with E-state index in [4.69, 9.17) is 4.98 Å². The first-order valence-electron chi connectivity index (χ1n) is 12.2. The minimum Gasteiger partial charge on any atom is -0.283 e. The molecule has 0 saturated carbocycles. The molecule has 192 valence electrons. The summed E-state index contributed by atoms with van der Waals surface area (Å²) < 4.78 is 42.6. The number of hydrogen-bond donors (Lipinski definition) is 0. The standard InChI is InChI=1S/C28H28FN3O3S2/c1-19-12-13-24-26(20(19)2)30-28(36-24)32(18-21-8-4-3-5-9-21)27(33)22-14-16-31(17-15-22)37(34,35)25-11-7-6-10-23(25)29/h3-13,22H,14-18H2,1-2H3. The zero-order valence-electron chi connectivity index (χ0n) is 20.7. The SMILES string of the molecule is Cc1ccc2sc(N(Cc3ccccc3)C(=O)C3CCN(S(=O)(=O)c4ccccc4F)CC3)nc2c1C. The third-order valence-corrected chi connectivity index (χ3v) is 9.99. The average molecular weight is 538 g/mol. The summed E-state index contributed by atoms with van der Waals surface area (Å²) in [6, 6.07) is 19.3. The van der Waals surface area contributed by atoms with E-state index in [0.717, 1.165) is 33.0 Å². The van der Waals surface area contributed by atoms with Crippen molar-refractivity contribution in [2.24, 2.45) is 5.92 Å². The second kappa shape index (κ2) is 10.3. The van der Waals surface area contributed by atoms with Gasteiger partial charge < -0.3 is 0 Å². The van der Waals surface area contributed by atoms with Crippen LogP contribution in [0.3, 0.4) is 0 Å². The number of anilines is 1. The highest BCUT2D eigenvalue weighted by molar-refractivity contribution is 7.89. The summed E-state index contributed by atoms with van der Waals surface area (Å²) in [5, 5.41) is 0.638. The van der Waals surface area contributed by atoms with Crippen LogP contribution in [-0.2, 0) is 21.4 Å². The quantitative estimate of drug-likeness (QED) is 0.317. The average Bonchev–Trinajstić information content (AvgIpc) is 3.35. The molecular weight excluding hydrogens is 509 g/mol. The Kier molecular flexibility index (Phi) is 7.11. The lowest BCUT2D eigenvalue weighted by molar-refractivity contribution is -0.123. The Hall–Kier alpha value is -3.14. The van der Waals surface area contributed by atoms with E-state index in [0.29, 0.717) is 24.5 Å². The molecule has 1 saturated heterocycles. The van der Waals surface area contributed by atoms with E-state index in [1.54, 1.807) is 4.90 Å². The fourth-order valence-corrected chi connectivity index (χ4v) is 7.26. The number of thiazole rings is 1. The maximum absolute atomic E-state index is 14.2. The van der Waals surface area contributed by atoms with Crippen LogP contribution in [-0.4, -0.2) is 36.7 Å². The molecule has 4 aromatic rings. The zero-order chi connectivity index (χ0) is 26.2. The van der Waals surface area contributed by atoms with Crippen LogP contribution in [0.2, 0.25) is 0 Å². The van der Waals surface area contributed by atoms with Gasteiger partial charge >= 0.3 is 0 Å². The number of rotatable bonds is 6. The molecule has 6 nitrogen and oxygen atoms in total. The third-order valence-electron chi connectivity index (χ3n) is 7.01. The first kappa shape index (κ1) is 25.5. The van der Waals surface area contributed by atoms with Gasteiger partial charge in [0.1, 0.15) is 10.7 Å². The van der Waals surface area contributed by atoms with Crippen LogP contribution in [0.4, 0.5) is 9.52 Å². The molecule has 0 atom stereocenters. The largest absolute Gasteiger partial charge is 0.283 e. The van der Waals surface area contributed by atoms with Crippen LogP contribution in [0, 0.1) is 25.6 Å². The molecular formula is C28H28FN3O3S2. The molecule has 0 bridgehead atoms. The number of fused-ring (bicyclic) bond motifs is 1. The van der Waals surface area contributed by atoms with Gasteiger partial charge in [-0.3, -0.25) is 9.69 Å². The Morgan fingerprint density at radius 2 is 1.70 bits per heavy atom. The van der Waals surface area contributed by atoms with Gasteiger partial charge in [-0.2, -0.15) is 4.31 Å². The third kappa shape index (κ3) is 5.03. The van der Waals surface area contributed by atoms with Crippen molar-refractivity contribution < 1.29 is 17.6 Å². The summed E-state index contributed by atoms with van der Waals surface area (Å²) in [4.78, 5) is 20.2. The summed E-state index contributed by atoms with van der Waals surface area (Å²) in [6.07, 6.45) is 0.724. The van der Waals surface area contributed by atoms with Crippen molar-refractivity contribution in [2.45, 2.75) is 38.1 Å². The summed E-state index contributed by atoms with van der Waals surface area (Å²) >= 11 is 1.49. The van der Waals surface area contributed by atoms with Crippen molar-refractivity contribution in [1.29, 1.82) is 0 Å². The number of benzene rings is 3. The number of piperidine rings is 1. The molecule has 0 spiro atoms. The number of halogens is 1. The Labute approximate surface area is 220 Å². The van der Waals surface area contributed by atoms with Gasteiger partial charge in [0.15, 0.2) is 5.13 Å².